The van der Waals surface area contributed by atoms with Crippen LogP contribution in [0.1, 0.15) is 31.7 Å². The van der Waals surface area contributed by atoms with Gasteiger partial charge in [-0.15, -0.1) is 0 Å². The van der Waals surface area contributed by atoms with E-state index in [4.69, 9.17) is 0 Å². The summed E-state index contributed by atoms with van der Waals surface area (Å²) in [4.78, 5) is 17.4. The molecule has 0 aliphatic heterocycles. The lowest BCUT2D eigenvalue weighted by Crippen LogP contribution is -2.72. The van der Waals surface area contributed by atoms with Crippen LogP contribution in [0.15, 0.2) is 36.4 Å². The molecule has 2 unspecified atom stereocenters. The van der Waals surface area contributed by atoms with Crippen molar-refractivity contribution in [1.29, 1.82) is 0 Å². The number of carbonyl (C=O) groups is 1. The molecule has 4 nitrogen and oxygen atoms in total. The fraction of sp³-hybridized carbons (Fsp3) is 0.550. The van der Waals surface area contributed by atoms with E-state index in [1.54, 1.807) is 6.07 Å². The molecule has 0 fully saturated rings. The first kappa shape index (κ1) is 25.1. The first-order valence-electron chi connectivity index (χ1n) is 9.24. The largest absolute Gasteiger partial charge is 0.427 e. The summed E-state index contributed by atoms with van der Waals surface area (Å²) in [6.45, 7) is 1.23. The second-order valence-electron chi connectivity index (χ2n) is 7.46. The van der Waals surface area contributed by atoms with Gasteiger partial charge in [-0.05, 0) is 24.0 Å². The molecule has 2 atom stereocenters. The molecule has 1 N–H and O–H groups in total. The number of hydrogen-bond acceptors (Lipinski definition) is 3. The number of aliphatic hydroxyl groups is 1. The van der Waals surface area contributed by atoms with Gasteiger partial charge in [0.15, 0.2) is 0 Å². The minimum absolute atomic E-state index is 0.139. The van der Waals surface area contributed by atoms with Gasteiger partial charge >= 0.3 is 12.4 Å². The van der Waals surface area contributed by atoms with Gasteiger partial charge in [0.2, 0.25) is 0 Å². The number of allylic oxidation sites excluding steroid dienone is 2. The number of rotatable bonds is 5. The lowest BCUT2D eigenvalue weighted by molar-refractivity contribution is -0.402. The van der Waals surface area contributed by atoms with E-state index in [0.29, 0.717) is 0 Å². The monoisotopic (exact) mass is 457 g/mol. The van der Waals surface area contributed by atoms with Gasteiger partial charge in [0.05, 0.1) is 7.11 Å². The highest BCUT2D eigenvalue weighted by Gasteiger charge is 2.82. The number of amides is 1. The van der Waals surface area contributed by atoms with E-state index in [2.05, 4.69) is 4.84 Å². The van der Waals surface area contributed by atoms with E-state index in [0.717, 1.165) is 20.2 Å². The van der Waals surface area contributed by atoms with Gasteiger partial charge in [-0.3, -0.25) is 9.63 Å². The Morgan fingerprint density at radius 1 is 1.13 bits per heavy atom. The number of benzene rings is 1. The Bertz CT molecular complexity index is 823. The van der Waals surface area contributed by atoms with E-state index in [1.807, 2.05) is 0 Å². The summed E-state index contributed by atoms with van der Waals surface area (Å²) in [5.41, 5.74) is -11.9. The van der Waals surface area contributed by atoms with Crippen LogP contribution in [-0.2, 0) is 9.63 Å². The minimum Gasteiger partial charge on any atom is -0.373 e. The van der Waals surface area contributed by atoms with Crippen LogP contribution in [0.25, 0.3) is 5.57 Å². The first-order valence-corrected chi connectivity index (χ1v) is 9.24. The van der Waals surface area contributed by atoms with Crippen LogP contribution in [0.4, 0.5) is 30.7 Å². The Balaban J connectivity index is 2.86. The van der Waals surface area contributed by atoms with Crippen LogP contribution in [-0.4, -0.2) is 53.9 Å². The third-order valence-corrected chi connectivity index (χ3v) is 5.85. The number of nitrogens with zero attached hydrogens (tertiary/aromatic N) is 1. The number of hydroxylamine groups is 2. The number of halogens is 7. The van der Waals surface area contributed by atoms with Crippen molar-refractivity contribution in [2.75, 3.05) is 14.2 Å². The molecule has 1 amide bonds. The Labute approximate surface area is 174 Å². The van der Waals surface area contributed by atoms with Crippen molar-refractivity contribution in [3.63, 3.8) is 0 Å². The highest BCUT2D eigenvalue weighted by atomic mass is 19.4. The van der Waals surface area contributed by atoms with Gasteiger partial charge in [0.1, 0.15) is 11.1 Å². The van der Waals surface area contributed by atoms with Crippen molar-refractivity contribution in [1.82, 2.24) is 5.06 Å². The fourth-order valence-corrected chi connectivity index (χ4v) is 4.10. The Kier molecular flexibility index (Phi) is 6.55. The quantitative estimate of drug-likeness (QED) is 0.509. The highest BCUT2D eigenvalue weighted by molar-refractivity contribution is 5.87. The van der Waals surface area contributed by atoms with Crippen LogP contribution in [0.3, 0.4) is 0 Å². The third-order valence-electron chi connectivity index (χ3n) is 5.85. The van der Waals surface area contributed by atoms with E-state index >= 15 is 4.39 Å². The van der Waals surface area contributed by atoms with Gasteiger partial charge in [-0.2, -0.15) is 26.3 Å². The van der Waals surface area contributed by atoms with Gasteiger partial charge in [-0.25, -0.2) is 9.45 Å². The number of carbonyl (C=O) groups excluding carboxylic acids is 1. The van der Waals surface area contributed by atoms with Crippen LogP contribution < -0.4 is 0 Å². The molecule has 0 bridgehead atoms. The van der Waals surface area contributed by atoms with E-state index in [-0.39, 0.29) is 16.2 Å². The highest BCUT2D eigenvalue weighted by Crippen LogP contribution is 2.62. The smallest absolute Gasteiger partial charge is 0.373 e. The molecule has 1 aromatic carbocycles. The lowest BCUT2D eigenvalue weighted by Gasteiger charge is -2.52. The maximum Gasteiger partial charge on any atom is 0.427 e. The number of alkyl halides is 7. The van der Waals surface area contributed by atoms with Crippen molar-refractivity contribution in [3.05, 3.63) is 42.0 Å². The van der Waals surface area contributed by atoms with Crippen molar-refractivity contribution in [2.24, 2.45) is 5.41 Å². The topological polar surface area (TPSA) is 49.8 Å². The van der Waals surface area contributed by atoms with E-state index in [9.17, 15) is 36.2 Å². The van der Waals surface area contributed by atoms with Crippen LogP contribution in [0.2, 0.25) is 0 Å². The SMILES string of the molecule is CCC1(F)CC(C(=O)N(C)OC)(C(O)(C(F)(F)F)C(F)(F)F)CC=C1c1ccccc1. The molecule has 1 aliphatic carbocycles. The maximum atomic E-state index is 16.1. The van der Waals surface area contributed by atoms with Gasteiger partial charge in [-0.1, -0.05) is 43.3 Å². The zero-order chi connectivity index (χ0) is 23.9. The first-order chi connectivity index (χ1) is 14.1. The summed E-state index contributed by atoms with van der Waals surface area (Å²) in [6.07, 6.45) is -15.1. The van der Waals surface area contributed by atoms with Crippen LogP contribution in [0, 0.1) is 5.41 Å². The molecule has 1 aliphatic rings. The van der Waals surface area contributed by atoms with Gasteiger partial charge in [0, 0.05) is 13.5 Å². The molecule has 0 saturated carbocycles. The normalized spacial score (nSPS) is 25.2. The zero-order valence-electron chi connectivity index (χ0n) is 16.9. The Hall–Kier alpha value is -2.14. The van der Waals surface area contributed by atoms with Crippen molar-refractivity contribution in [3.8, 4) is 0 Å². The fourth-order valence-electron chi connectivity index (χ4n) is 4.10. The molecule has 11 heteroatoms. The lowest BCUT2D eigenvalue weighted by atomic mass is 9.57. The van der Waals surface area contributed by atoms with E-state index < -0.39 is 54.2 Å². The molecule has 174 valence electrons. The van der Waals surface area contributed by atoms with Crippen molar-refractivity contribution in [2.45, 2.75) is 49.8 Å². The molecule has 0 spiro atoms. The maximum absolute atomic E-state index is 16.1. The van der Waals surface area contributed by atoms with Gasteiger partial charge < -0.3 is 5.11 Å². The van der Waals surface area contributed by atoms with Crippen LogP contribution >= 0.6 is 0 Å². The molecule has 2 rings (SSSR count). The number of hydrogen-bond donors (Lipinski definition) is 1. The summed E-state index contributed by atoms with van der Waals surface area (Å²) in [5.74, 6) is -1.84. The molecule has 0 saturated heterocycles. The molecular formula is C20H22F7NO3. The zero-order valence-corrected chi connectivity index (χ0v) is 16.9. The van der Waals surface area contributed by atoms with Crippen molar-refractivity contribution >= 4 is 11.5 Å². The molecule has 31 heavy (non-hydrogen) atoms. The second kappa shape index (κ2) is 8.09. The third kappa shape index (κ3) is 3.82. The molecule has 0 radical (unpaired) electrons. The average molecular weight is 457 g/mol. The minimum atomic E-state index is -6.33. The Morgan fingerprint density at radius 2 is 1.65 bits per heavy atom. The second-order valence-corrected chi connectivity index (χ2v) is 7.46. The molecule has 0 heterocycles. The van der Waals surface area contributed by atoms with E-state index in [1.165, 1.54) is 31.2 Å². The summed E-state index contributed by atoms with van der Waals surface area (Å²) >= 11 is 0. The predicted molar refractivity (Wildman–Crippen MR) is 97.1 cm³/mol. The Morgan fingerprint density at radius 3 is 2.06 bits per heavy atom. The van der Waals surface area contributed by atoms with Crippen molar-refractivity contribution < 1.29 is 45.5 Å². The molecule has 0 aromatic heterocycles. The average Bonchev–Trinajstić information content (AvgIpc) is 2.70. The van der Waals surface area contributed by atoms with Gasteiger partial charge in [0.25, 0.3) is 11.5 Å². The summed E-state index contributed by atoms with van der Waals surface area (Å²) < 4.78 is 98.9. The summed E-state index contributed by atoms with van der Waals surface area (Å²) in [7, 11) is 1.64. The summed E-state index contributed by atoms with van der Waals surface area (Å²) in [6, 6.07) is 7.56. The van der Waals surface area contributed by atoms with Crippen LogP contribution in [0.5, 0.6) is 0 Å². The standard InChI is InChI=1S/C20H22F7NO3/c1-4-17(21)12-16(15(29)28(2)31-3,18(30,19(22,23)24)20(25,26)27)11-10-14(17)13-8-6-5-7-9-13/h5-10,30H,4,11-12H2,1-3H3. The predicted octanol–water partition coefficient (Wildman–Crippen LogP) is 4.84. The molecular weight excluding hydrogens is 435 g/mol. The molecule has 1 aromatic rings. The summed E-state index contributed by atoms with van der Waals surface area (Å²) in [5, 5.41) is 10.3.